The van der Waals surface area contributed by atoms with Crippen LogP contribution in [0.2, 0.25) is 0 Å². The lowest BCUT2D eigenvalue weighted by molar-refractivity contribution is -0.253. The van der Waals surface area contributed by atoms with Crippen molar-refractivity contribution in [2.75, 3.05) is 6.61 Å². The Kier molecular flexibility index (Phi) is 4.39. The van der Waals surface area contributed by atoms with Crippen LogP contribution in [-0.2, 0) is 9.53 Å². The molecule has 0 saturated carbocycles. The molecule has 0 unspecified atom stereocenters. The van der Waals surface area contributed by atoms with E-state index < -0.39 is 43.2 Å². The topological polar surface area (TPSA) is 119 Å². The summed E-state index contributed by atoms with van der Waals surface area (Å²) in [5, 5.41) is 39.6. The van der Waals surface area contributed by atoms with E-state index in [0.29, 0.717) is 0 Å². The molecule has 7 heteroatoms. The molecule has 1 rings (SSSR count). The average molecular weight is 233 g/mol. The highest BCUT2D eigenvalue weighted by Gasteiger charge is 2.43. The average Bonchev–Trinajstić information content (AvgIpc) is 2.28. The zero-order valence-corrected chi connectivity index (χ0v) is 8.48. The first-order valence-corrected chi connectivity index (χ1v) is 4.74. The molecule has 1 aliphatic heterocycles. The number of hydrogen-bond acceptors (Lipinski definition) is 6. The van der Waals surface area contributed by atoms with Gasteiger partial charge in [0.05, 0.1) is 6.61 Å². The largest absolute Gasteiger partial charge is 0.394 e. The van der Waals surface area contributed by atoms with Gasteiger partial charge in [-0.15, -0.1) is 0 Å². The van der Waals surface area contributed by atoms with E-state index in [-0.39, 0.29) is 0 Å². The Balaban J connectivity index is 2.71. The molecule has 1 aliphatic rings. The highest BCUT2D eigenvalue weighted by Crippen LogP contribution is 2.19. The third-order valence-electron chi connectivity index (χ3n) is 2.39. The lowest BCUT2D eigenvalue weighted by Gasteiger charge is -2.40. The number of carbonyl (C=O) groups is 1. The number of amides is 1. The van der Waals surface area contributed by atoms with Crippen molar-refractivity contribution < 1.29 is 30.0 Å². The number of nitrogens with one attached hydrogen (secondary N) is 1. The zero-order chi connectivity index (χ0) is 12.3. The number of hydrogen-bond donors (Lipinski definition) is 5. The molecule has 0 radical (unpaired) electrons. The number of rotatable bonds is 3. The minimum Gasteiger partial charge on any atom is -0.394 e. The second-order valence-corrected chi connectivity index (χ2v) is 3.47. The predicted molar refractivity (Wildman–Crippen MR) is 52.1 cm³/mol. The molecular weight excluding hydrogens is 218 g/mol. The molecule has 1 fully saturated rings. The van der Waals surface area contributed by atoms with Gasteiger partial charge >= 0.3 is 0 Å². The van der Waals surface area contributed by atoms with Crippen molar-refractivity contribution in [3.8, 4) is 0 Å². The normalized spacial score (nSPS) is 39.1. The second-order valence-electron chi connectivity index (χ2n) is 3.47. The smallest absolute Gasteiger partial charge is 0.243 e. The summed E-state index contributed by atoms with van der Waals surface area (Å²) in [6.45, 7) is 2.66. The van der Waals surface area contributed by atoms with Gasteiger partial charge in [-0.1, -0.05) is 6.58 Å². The summed E-state index contributed by atoms with van der Waals surface area (Å²) in [6.07, 6.45) is -4.43. The second kappa shape index (κ2) is 5.37. The van der Waals surface area contributed by atoms with Crippen molar-refractivity contribution in [2.24, 2.45) is 0 Å². The van der Waals surface area contributed by atoms with E-state index in [1.54, 1.807) is 0 Å². The maximum Gasteiger partial charge on any atom is 0.243 e. The van der Waals surface area contributed by atoms with Crippen molar-refractivity contribution in [1.29, 1.82) is 0 Å². The first kappa shape index (κ1) is 13.1. The Morgan fingerprint density at radius 2 is 2.00 bits per heavy atom. The Hall–Kier alpha value is -0.990. The Morgan fingerprint density at radius 3 is 2.50 bits per heavy atom. The third-order valence-corrected chi connectivity index (χ3v) is 2.39. The highest BCUT2D eigenvalue weighted by atomic mass is 16.6. The van der Waals surface area contributed by atoms with Crippen LogP contribution in [0.1, 0.15) is 0 Å². The summed E-state index contributed by atoms with van der Waals surface area (Å²) in [5.74, 6) is -0.610. The van der Waals surface area contributed by atoms with Gasteiger partial charge in [-0.3, -0.25) is 4.79 Å². The van der Waals surface area contributed by atoms with Crippen molar-refractivity contribution >= 4 is 5.91 Å². The molecule has 0 aliphatic carbocycles. The Bertz CT molecular complexity index is 271. The molecule has 0 bridgehead atoms. The SMILES string of the molecule is C=CC(=O)N[C@H]1[C@@H](O)[C@H](O)[C@@H](CO)O[C@@H]1O. The molecule has 1 amide bonds. The first-order chi connectivity index (χ1) is 7.51. The van der Waals surface area contributed by atoms with Gasteiger partial charge in [0.1, 0.15) is 24.4 Å². The number of aliphatic hydroxyl groups excluding tert-OH is 4. The minimum atomic E-state index is -1.50. The van der Waals surface area contributed by atoms with E-state index in [1.165, 1.54) is 0 Å². The van der Waals surface area contributed by atoms with Crippen LogP contribution < -0.4 is 5.32 Å². The van der Waals surface area contributed by atoms with E-state index in [9.17, 15) is 20.1 Å². The maximum atomic E-state index is 11.0. The number of ether oxygens (including phenoxy) is 1. The van der Waals surface area contributed by atoms with Crippen molar-refractivity contribution in [3.63, 3.8) is 0 Å². The van der Waals surface area contributed by atoms with Crippen LogP contribution in [0, 0.1) is 0 Å². The first-order valence-electron chi connectivity index (χ1n) is 4.74. The van der Waals surface area contributed by atoms with E-state index >= 15 is 0 Å². The number of carbonyl (C=O) groups excluding carboxylic acids is 1. The van der Waals surface area contributed by atoms with Gasteiger partial charge in [-0.2, -0.15) is 0 Å². The van der Waals surface area contributed by atoms with Crippen LogP contribution in [0.5, 0.6) is 0 Å². The summed E-state index contributed by atoms with van der Waals surface area (Å²) < 4.78 is 4.82. The zero-order valence-electron chi connectivity index (χ0n) is 8.48. The van der Waals surface area contributed by atoms with Crippen LogP contribution in [0.4, 0.5) is 0 Å². The van der Waals surface area contributed by atoms with E-state index in [1.807, 2.05) is 0 Å². The molecule has 1 heterocycles. The molecule has 7 nitrogen and oxygen atoms in total. The lowest BCUT2D eigenvalue weighted by atomic mass is 9.97. The van der Waals surface area contributed by atoms with Gasteiger partial charge in [0, 0.05) is 0 Å². The number of aliphatic hydroxyl groups is 4. The molecule has 1 saturated heterocycles. The van der Waals surface area contributed by atoms with Gasteiger partial charge in [0.25, 0.3) is 0 Å². The molecule has 16 heavy (non-hydrogen) atoms. The molecule has 0 aromatic carbocycles. The van der Waals surface area contributed by atoms with Crippen LogP contribution in [0.3, 0.4) is 0 Å². The monoisotopic (exact) mass is 233 g/mol. The van der Waals surface area contributed by atoms with Crippen LogP contribution in [-0.4, -0.2) is 63.6 Å². The highest BCUT2D eigenvalue weighted by molar-refractivity contribution is 5.87. The van der Waals surface area contributed by atoms with E-state index in [0.717, 1.165) is 6.08 Å². The van der Waals surface area contributed by atoms with Crippen LogP contribution in [0.25, 0.3) is 0 Å². The third kappa shape index (κ3) is 2.57. The summed E-state index contributed by atoms with van der Waals surface area (Å²) in [6, 6.07) is -1.16. The fraction of sp³-hybridized carbons (Fsp3) is 0.667. The van der Waals surface area contributed by atoms with Gasteiger partial charge in [0.15, 0.2) is 6.29 Å². The molecular formula is C9H15NO6. The van der Waals surface area contributed by atoms with Gasteiger partial charge in [-0.25, -0.2) is 0 Å². The molecule has 0 aromatic rings. The van der Waals surface area contributed by atoms with Crippen LogP contribution in [0.15, 0.2) is 12.7 Å². The maximum absolute atomic E-state index is 11.0. The van der Waals surface area contributed by atoms with Crippen molar-refractivity contribution in [3.05, 3.63) is 12.7 Å². The quantitative estimate of drug-likeness (QED) is 0.333. The molecule has 0 spiro atoms. The summed E-state index contributed by atoms with van der Waals surface area (Å²) >= 11 is 0. The summed E-state index contributed by atoms with van der Waals surface area (Å²) in [5.41, 5.74) is 0. The van der Waals surface area contributed by atoms with Gasteiger partial charge in [-0.05, 0) is 6.08 Å². The molecule has 5 N–H and O–H groups in total. The van der Waals surface area contributed by atoms with Crippen molar-refractivity contribution in [1.82, 2.24) is 5.32 Å². The minimum absolute atomic E-state index is 0.544. The van der Waals surface area contributed by atoms with E-state index in [2.05, 4.69) is 11.9 Å². The van der Waals surface area contributed by atoms with Gasteiger partial charge < -0.3 is 30.5 Å². The molecule has 92 valence electrons. The summed E-state index contributed by atoms with van der Waals surface area (Å²) in [7, 11) is 0. The predicted octanol–water partition coefficient (Wildman–Crippen LogP) is -2.91. The molecule has 0 aromatic heterocycles. The Morgan fingerprint density at radius 1 is 1.38 bits per heavy atom. The standard InChI is InChI=1S/C9H15NO6/c1-2-5(12)10-6-8(14)7(13)4(3-11)16-9(6)15/h2,4,6-9,11,13-15H,1,3H2,(H,10,12)/t4-,6+,7-,8-,9+/m1/s1. The van der Waals surface area contributed by atoms with Gasteiger partial charge in [0.2, 0.25) is 5.91 Å². The van der Waals surface area contributed by atoms with Crippen molar-refractivity contribution in [2.45, 2.75) is 30.6 Å². The summed E-state index contributed by atoms with van der Waals surface area (Å²) in [4.78, 5) is 11.0. The van der Waals surface area contributed by atoms with E-state index in [4.69, 9.17) is 9.84 Å². The lowest BCUT2D eigenvalue weighted by Crippen LogP contribution is -2.64. The van der Waals surface area contributed by atoms with Crippen LogP contribution >= 0.6 is 0 Å². The Labute approximate surface area is 92.0 Å². The fourth-order valence-corrected chi connectivity index (χ4v) is 1.48. The fourth-order valence-electron chi connectivity index (χ4n) is 1.48. The molecule has 5 atom stereocenters.